The Morgan fingerprint density at radius 1 is 1.12 bits per heavy atom. The molecule has 0 fully saturated rings. The summed E-state index contributed by atoms with van der Waals surface area (Å²) in [4.78, 5) is 9.09. The zero-order chi connectivity index (χ0) is 18.1. The lowest BCUT2D eigenvalue weighted by Gasteiger charge is -2.25. The molecular weight excluding hydrogens is 459 g/mol. The average Bonchev–Trinajstić information content (AvgIpc) is 2.61. The fourth-order valence-corrected chi connectivity index (χ4v) is 2.96. The highest BCUT2D eigenvalue weighted by atomic mass is 127. The second kappa shape index (κ2) is 11.4. The fraction of sp³-hybridized carbons (Fsp3) is 0.400. The maximum absolute atomic E-state index is 6.35. The molecule has 0 unspecified atom stereocenters. The van der Waals surface area contributed by atoms with E-state index in [1.807, 2.05) is 42.6 Å². The van der Waals surface area contributed by atoms with E-state index >= 15 is 0 Å². The number of hydrogen-bond acceptors (Lipinski definition) is 2. The minimum Gasteiger partial charge on any atom is -0.357 e. The van der Waals surface area contributed by atoms with Crippen LogP contribution < -0.4 is 10.6 Å². The summed E-state index contributed by atoms with van der Waals surface area (Å²) in [7, 11) is 0. The van der Waals surface area contributed by atoms with Gasteiger partial charge >= 0.3 is 0 Å². The number of aromatic nitrogens is 1. The van der Waals surface area contributed by atoms with Crippen LogP contribution in [0, 0.1) is 0 Å². The molecule has 0 amide bonds. The molecule has 0 bridgehead atoms. The molecule has 0 aliphatic carbocycles. The summed E-state index contributed by atoms with van der Waals surface area (Å²) in [5.74, 6) is 0.818. The predicted octanol–water partition coefficient (Wildman–Crippen LogP) is 4.43. The maximum atomic E-state index is 6.35. The van der Waals surface area contributed by atoms with Gasteiger partial charge in [-0.2, -0.15) is 0 Å². The van der Waals surface area contributed by atoms with Crippen molar-refractivity contribution in [2.45, 2.75) is 32.6 Å². The van der Waals surface area contributed by atoms with Gasteiger partial charge in [0.15, 0.2) is 5.96 Å². The third kappa shape index (κ3) is 7.11. The van der Waals surface area contributed by atoms with Crippen molar-refractivity contribution >= 4 is 41.5 Å². The Morgan fingerprint density at radius 2 is 1.85 bits per heavy atom. The molecule has 1 aromatic carbocycles. The largest absolute Gasteiger partial charge is 0.357 e. The first kappa shape index (κ1) is 22.7. The highest BCUT2D eigenvalue weighted by Gasteiger charge is 2.22. The van der Waals surface area contributed by atoms with E-state index in [4.69, 9.17) is 16.6 Å². The molecule has 1 aromatic heterocycles. The van der Waals surface area contributed by atoms with E-state index in [2.05, 4.69) is 42.5 Å². The van der Waals surface area contributed by atoms with E-state index in [9.17, 15) is 0 Å². The Bertz CT molecular complexity index is 689. The van der Waals surface area contributed by atoms with E-state index in [0.717, 1.165) is 41.7 Å². The van der Waals surface area contributed by atoms with Crippen molar-refractivity contribution in [1.82, 2.24) is 15.6 Å². The van der Waals surface area contributed by atoms with Gasteiger partial charge in [0.2, 0.25) is 0 Å². The Morgan fingerprint density at radius 3 is 2.50 bits per heavy atom. The van der Waals surface area contributed by atoms with Crippen LogP contribution in [0.5, 0.6) is 0 Å². The molecule has 0 radical (unpaired) electrons. The smallest absolute Gasteiger partial charge is 0.191 e. The molecule has 26 heavy (non-hydrogen) atoms. The van der Waals surface area contributed by atoms with Gasteiger partial charge in [-0.15, -0.1) is 24.0 Å². The number of nitrogens with zero attached hydrogens (tertiary/aromatic N) is 2. The number of benzene rings is 1. The first-order chi connectivity index (χ1) is 12.0. The maximum Gasteiger partial charge on any atom is 0.191 e. The Balaban J connectivity index is 0.00000338. The molecule has 0 atom stereocenters. The van der Waals surface area contributed by atoms with Crippen LogP contribution in [-0.2, 0) is 11.8 Å². The second-order valence-electron chi connectivity index (χ2n) is 6.56. The number of hydrogen-bond donors (Lipinski definition) is 2. The van der Waals surface area contributed by atoms with Crippen LogP contribution in [0.25, 0.3) is 0 Å². The summed E-state index contributed by atoms with van der Waals surface area (Å²) < 4.78 is 0. The number of rotatable bonds is 7. The minimum atomic E-state index is -0.137. The third-order valence-electron chi connectivity index (χ3n) is 3.98. The molecule has 0 saturated carbocycles. The Kier molecular flexibility index (Phi) is 9.94. The first-order valence-corrected chi connectivity index (χ1v) is 9.08. The van der Waals surface area contributed by atoms with Crippen molar-refractivity contribution in [2.75, 3.05) is 19.6 Å². The van der Waals surface area contributed by atoms with E-state index in [1.54, 1.807) is 0 Å². The molecule has 1 heterocycles. The third-order valence-corrected chi connectivity index (χ3v) is 4.31. The van der Waals surface area contributed by atoms with E-state index in [-0.39, 0.29) is 29.4 Å². The highest BCUT2D eigenvalue weighted by Crippen LogP contribution is 2.29. The van der Waals surface area contributed by atoms with Gasteiger partial charge in [0.25, 0.3) is 0 Å². The number of nitrogens with one attached hydrogen (secondary N) is 2. The molecule has 2 aromatic rings. The summed E-state index contributed by atoms with van der Waals surface area (Å²) in [5.41, 5.74) is 2.05. The summed E-state index contributed by atoms with van der Waals surface area (Å²) in [6, 6.07) is 13.9. The van der Waals surface area contributed by atoms with Crippen LogP contribution in [0.2, 0.25) is 5.02 Å². The van der Waals surface area contributed by atoms with Crippen LogP contribution in [0.15, 0.2) is 53.7 Å². The van der Waals surface area contributed by atoms with Gasteiger partial charge < -0.3 is 10.6 Å². The van der Waals surface area contributed by atoms with Gasteiger partial charge in [-0.1, -0.05) is 49.7 Å². The highest BCUT2D eigenvalue weighted by molar-refractivity contribution is 14.0. The molecule has 2 N–H and O–H groups in total. The van der Waals surface area contributed by atoms with Gasteiger partial charge in [0.05, 0.1) is 6.54 Å². The standard InChI is InChI=1S/C20H27ClN4.HI/c1-4-22-19(24-14-12-16-9-7-8-13-23-16)25-15-20(2,3)17-10-5-6-11-18(17)21;/h5-11,13H,4,12,14-15H2,1-3H3,(H2,22,24,25);1H. The SMILES string of the molecule is CCNC(=NCC(C)(C)c1ccccc1Cl)NCCc1ccccn1.I. The lowest BCUT2D eigenvalue weighted by molar-refractivity contribution is 0.537. The molecule has 0 spiro atoms. The van der Waals surface area contributed by atoms with E-state index in [0.29, 0.717) is 6.54 Å². The van der Waals surface area contributed by atoms with Crippen molar-refractivity contribution in [3.05, 3.63) is 64.9 Å². The van der Waals surface area contributed by atoms with Crippen molar-refractivity contribution in [3.63, 3.8) is 0 Å². The normalized spacial score (nSPS) is 11.6. The molecule has 142 valence electrons. The van der Waals surface area contributed by atoms with Gasteiger partial charge in [0.1, 0.15) is 0 Å². The topological polar surface area (TPSA) is 49.3 Å². The van der Waals surface area contributed by atoms with Crippen LogP contribution in [0.4, 0.5) is 0 Å². The van der Waals surface area contributed by atoms with Crippen molar-refractivity contribution in [1.29, 1.82) is 0 Å². The lowest BCUT2D eigenvalue weighted by atomic mass is 9.85. The van der Waals surface area contributed by atoms with Crippen LogP contribution in [0.3, 0.4) is 0 Å². The zero-order valence-electron chi connectivity index (χ0n) is 15.6. The quantitative estimate of drug-likeness (QED) is 0.346. The van der Waals surface area contributed by atoms with Gasteiger partial charge in [-0.3, -0.25) is 9.98 Å². The average molecular weight is 487 g/mol. The van der Waals surface area contributed by atoms with Crippen LogP contribution in [-0.4, -0.2) is 30.6 Å². The number of pyridine rings is 1. The van der Waals surface area contributed by atoms with Crippen molar-refractivity contribution < 1.29 is 0 Å². The van der Waals surface area contributed by atoms with E-state index in [1.165, 1.54) is 0 Å². The zero-order valence-corrected chi connectivity index (χ0v) is 18.7. The molecule has 4 nitrogen and oxygen atoms in total. The van der Waals surface area contributed by atoms with Gasteiger partial charge in [-0.25, -0.2) is 0 Å². The van der Waals surface area contributed by atoms with Gasteiger partial charge in [-0.05, 0) is 30.7 Å². The van der Waals surface area contributed by atoms with E-state index < -0.39 is 0 Å². The number of aliphatic imine (C=N–C) groups is 1. The summed E-state index contributed by atoms with van der Waals surface area (Å²) in [6.45, 7) is 8.65. The monoisotopic (exact) mass is 486 g/mol. The molecule has 6 heteroatoms. The van der Waals surface area contributed by atoms with Crippen LogP contribution in [0.1, 0.15) is 32.0 Å². The number of halogens is 2. The molecule has 0 aliphatic heterocycles. The minimum absolute atomic E-state index is 0. The number of guanidine groups is 1. The molecule has 0 saturated heterocycles. The van der Waals surface area contributed by atoms with Gasteiger partial charge in [0, 0.05) is 41.8 Å². The predicted molar refractivity (Wildman–Crippen MR) is 122 cm³/mol. The van der Waals surface area contributed by atoms with Crippen LogP contribution >= 0.6 is 35.6 Å². The fourth-order valence-electron chi connectivity index (χ4n) is 2.57. The molecule has 2 rings (SSSR count). The van der Waals surface area contributed by atoms with Crippen molar-refractivity contribution in [2.24, 2.45) is 4.99 Å². The Labute approximate surface area is 178 Å². The summed E-state index contributed by atoms with van der Waals surface area (Å²) in [5, 5.41) is 7.45. The Hall–Kier alpha value is -1.34. The summed E-state index contributed by atoms with van der Waals surface area (Å²) >= 11 is 6.35. The lowest BCUT2D eigenvalue weighted by Crippen LogP contribution is -2.39. The summed E-state index contributed by atoms with van der Waals surface area (Å²) in [6.07, 6.45) is 2.68. The molecule has 0 aliphatic rings. The van der Waals surface area contributed by atoms with Crippen molar-refractivity contribution in [3.8, 4) is 0 Å². The first-order valence-electron chi connectivity index (χ1n) is 8.70. The molecular formula is C20H28ClIN4. The second-order valence-corrected chi connectivity index (χ2v) is 6.96.